The van der Waals surface area contributed by atoms with Crippen LogP contribution >= 0.6 is 0 Å². The molecular weight excluding hydrogens is 256 g/mol. The molecular formula is C15H20N2O3. The highest BCUT2D eigenvalue weighted by Crippen LogP contribution is 2.32. The lowest BCUT2D eigenvalue weighted by Gasteiger charge is -2.10. The van der Waals surface area contributed by atoms with Gasteiger partial charge in [0.15, 0.2) is 0 Å². The summed E-state index contributed by atoms with van der Waals surface area (Å²) in [5.74, 6) is 0.0568. The number of nitrogens with one attached hydrogen (secondary N) is 1. The number of hydrogen-bond acceptors (Lipinski definition) is 4. The first-order valence-electron chi connectivity index (χ1n) is 6.92. The molecule has 0 aliphatic heterocycles. The predicted octanol–water partition coefficient (Wildman–Crippen LogP) is 1.93. The largest absolute Gasteiger partial charge is 0.462 e. The quantitative estimate of drug-likeness (QED) is 0.778. The van der Waals surface area contributed by atoms with Gasteiger partial charge in [0.25, 0.3) is 0 Å². The zero-order valence-electron chi connectivity index (χ0n) is 11.6. The van der Waals surface area contributed by atoms with Crippen LogP contribution in [-0.2, 0) is 9.53 Å². The van der Waals surface area contributed by atoms with Gasteiger partial charge in [-0.05, 0) is 49.9 Å². The number of benzene rings is 1. The van der Waals surface area contributed by atoms with Crippen LogP contribution in [0.1, 0.15) is 36.5 Å². The van der Waals surface area contributed by atoms with Gasteiger partial charge in [0.1, 0.15) is 0 Å². The van der Waals surface area contributed by atoms with Crippen LogP contribution in [0.25, 0.3) is 0 Å². The molecule has 20 heavy (non-hydrogen) atoms. The topological polar surface area (TPSA) is 81.4 Å². The molecule has 0 bridgehead atoms. The summed E-state index contributed by atoms with van der Waals surface area (Å²) in [6, 6.07) is 6.59. The van der Waals surface area contributed by atoms with Crippen LogP contribution in [0.5, 0.6) is 0 Å². The maximum atomic E-state index is 11.8. The Morgan fingerprint density at radius 3 is 2.55 bits per heavy atom. The van der Waals surface area contributed by atoms with Crippen LogP contribution in [0.2, 0.25) is 0 Å². The van der Waals surface area contributed by atoms with Crippen molar-refractivity contribution in [3.63, 3.8) is 0 Å². The van der Waals surface area contributed by atoms with Crippen molar-refractivity contribution in [2.75, 3.05) is 11.9 Å². The van der Waals surface area contributed by atoms with Crippen LogP contribution in [-0.4, -0.2) is 24.5 Å². The van der Waals surface area contributed by atoms with E-state index in [1.54, 1.807) is 31.2 Å². The second kappa shape index (κ2) is 6.52. The minimum absolute atomic E-state index is 0.0474. The van der Waals surface area contributed by atoms with E-state index < -0.39 is 0 Å². The molecule has 1 aromatic carbocycles. The molecule has 3 N–H and O–H groups in total. The lowest BCUT2D eigenvalue weighted by Crippen LogP contribution is -2.28. The Morgan fingerprint density at radius 2 is 2.00 bits per heavy atom. The molecule has 0 aromatic heterocycles. The molecule has 0 heterocycles. The molecule has 108 valence electrons. The monoisotopic (exact) mass is 276 g/mol. The Morgan fingerprint density at radius 1 is 1.35 bits per heavy atom. The van der Waals surface area contributed by atoms with E-state index in [2.05, 4.69) is 5.32 Å². The van der Waals surface area contributed by atoms with Gasteiger partial charge in [-0.1, -0.05) is 0 Å². The number of carbonyl (C=O) groups excluding carboxylic acids is 2. The van der Waals surface area contributed by atoms with Crippen molar-refractivity contribution in [2.24, 2.45) is 11.7 Å². The molecule has 1 aromatic rings. The molecule has 0 spiro atoms. The summed E-state index contributed by atoms with van der Waals surface area (Å²) in [5, 5.41) is 2.78. The third-order valence-electron chi connectivity index (χ3n) is 3.33. The van der Waals surface area contributed by atoms with E-state index in [0.717, 1.165) is 12.8 Å². The van der Waals surface area contributed by atoms with Crippen LogP contribution in [0.3, 0.4) is 0 Å². The predicted molar refractivity (Wildman–Crippen MR) is 76.3 cm³/mol. The molecule has 1 amide bonds. The fourth-order valence-corrected chi connectivity index (χ4v) is 2.02. The number of anilines is 1. The highest BCUT2D eigenvalue weighted by Gasteiger charge is 2.29. The fourth-order valence-electron chi connectivity index (χ4n) is 2.02. The van der Waals surface area contributed by atoms with E-state index in [1.807, 2.05) is 0 Å². The molecule has 1 aliphatic rings. The summed E-state index contributed by atoms with van der Waals surface area (Å²) in [6.45, 7) is 2.10. The average Bonchev–Trinajstić information content (AvgIpc) is 3.24. The van der Waals surface area contributed by atoms with Gasteiger partial charge in [-0.2, -0.15) is 0 Å². The molecule has 5 heteroatoms. The first-order valence-corrected chi connectivity index (χ1v) is 6.92. The van der Waals surface area contributed by atoms with Gasteiger partial charge in [0, 0.05) is 18.2 Å². The minimum Gasteiger partial charge on any atom is -0.462 e. The van der Waals surface area contributed by atoms with Crippen LogP contribution < -0.4 is 11.1 Å². The standard InChI is InChI=1S/C15H20N2O3/c1-2-20-15(19)11-5-7-12(8-6-11)17-14(18)9-13(16)10-3-4-10/h5-8,10,13H,2-4,9,16H2,1H3,(H,17,18). The Kier molecular flexibility index (Phi) is 4.74. The van der Waals surface area contributed by atoms with E-state index >= 15 is 0 Å². The van der Waals surface area contributed by atoms with Gasteiger partial charge in [0.05, 0.1) is 12.2 Å². The van der Waals surface area contributed by atoms with Crippen LogP contribution in [0.4, 0.5) is 5.69 Å². The number of amides is 1. The van der Waals surface area contributed by atoms with E-state index in [-0.39, 0.29) is 17.9 Å². The van der Waals surface area contributed by atoms with Crippen molar-refractivity contribution in [1.29, 1.82) is 0 Å². The Bertz CT molecular complexity index is 480. The molecule has 1 fully saturated rings. The first kappa shape index (κ1) is 14.5. The van der Waals surface area contributed by atoms with Crippen molar-refractivity contribution in [2.45, 2.75) is 32.2 Å². The van der Waals surface area contributed by atoms with Crippen molar-refractivity contribution >= 4 is 17.6 Å². The van der Waals surface area contributed by atoms with Gasteiger partial charge in [0.2, 0.25) is 5.91 Å². The molecule has 5 nitrogen and oxygen atoms in total. The molecule has 1 unspecified atom stereocenters. The number of ether oxygens (including phenoxy) is 1. The fraction of sp³-hybridized carbons (Fsp3) is 0.467. The van der Waals surface area contributed by atoms with E-state index in [9.17, 15) is 9.59 Å². The Balaban J connectivity index is 1.86. The number of esters is 1. The third-order valence-corrected chi connectivity index (χ3v) is 3.33. The van der Waals surface area contributed by atoms with Gasteiger partial charge >= 0.3 is 5.97 Å². The van der Waals surface area contributed by atoms with Gasteiger partial charge in [-0.15, -0.1) is 0 Å². The molecule has 2 rings (SSSR count). The highest BCUT2D eigenvalue weighted by atomic mass is 16.5. The van der Waals surface area contributed by atoms with Crippen molar-refractivity contribution in [1.82, 2.24) is 0 Å². The second-order valence-corrected chi connectivity index (χ2v) is 5.05. The van der Waals surface area contributed by atoms with E-state index in [0.29, 0.717) is 30.2 Å². The number of carbonyl (C=O) groups is 2. The first-order chi connectivity index (χ1) is 9.60. The second-order valence-electron chi connectivity index (χ2n) is 5.05. The normalized spacial score (nSPS) is 15.5. The summed E-state index contributed by atoms with van der Waals surface area (Å²) in [7, 11) is 0. The number of nitrogens with two attached hydrogens (primary N) is 1. The van der Waals surface area contributed by atoms with Gasteiger partial charge in [-0.3, -0.25) is 4.79 Å². The van der Waals surface area contributed by atoms with E-state index in [4.69, 9.17) is 10.5 Å². The van der Waals surface area contributed by atoms with Crippen molar-refractivity contribution in [3.05, 3.63) is 29.8 Å². The smallest absolute Gasteiger partial charge is 0.338 e. The Labute approximate surface area is 118 Å². The maximum absolute atomic E-state index is 11.8. The van der Waals surface area contributed by atoms with Gasteiger partial charge < -0.3 is 15.8 Å². The minimum atomic E-state index is -0.360. The van der Waals surface area contributed by atoms with Crippen LogP contribution in [0.15, 0.2) is 24.3 Å². The summed E-state index contributed by atoms with van der Waals surface area (Å²) >= 11 is 0. The molecule has 0 saturated heterocycles. The lowest BCUT2D eigenvalue weighted by molar-refractivity contribution is -0.116. The molecule has 1 aliphatic carbocycles. The number of hydrogen-bond donors (Lipinski definition) is 2. The molecule has 0 radical (unpaired) electrons. The Hall–Kier alpha value is -1.88. The average molecular weight is 276 g/mol. The lowest BCUT2D eigenvalue weighted by atomic mass is 10.1. The van der Waals surface area contributed by atoms with Crippen molar-refractivity contribution in [3.8, 4) is 0 Å². The molecule has 1 saturated carbocycles. The van der Waals surface area contributed by atoms with Crippen LogP contribution in [0, 0.1) is 5.92 Å². The zero-order chi connectivity index (χ0) is 14.5. The van der Waals surface area contributed by atoms with E-state index in [1.165, 1.54) is 0 Å². The SMILES string of the molecule is CCOC(=O)c1ccc(NC(=O)CC(N)C2CC2)cc1. The number of rotatable bonds is 6. The van der Waals surface area contributed by atoms with Crippen molar-refractivity contribution < 1.29 is 14.3 Å². The summed E-state index contributed by atoms with van der Waals surface area (Å²) in [6.07, 6.45) is 2.59. The van der Waals surface area contributed by atoms with Gasteiger partial charge in [-0.25, -0.2) is 4.79 Å². The summed E-state index contributed by atoms with van der Waals surface area (Å²) in [4.78, 5) is 23.3. The third kappa shape index (κ3) is 4.06. The molecule has 1 atom stereocenters. The summed E-state index contributed by atoms with van der Waals surface area (Å²) < 4.78 is 4.89. The summed E-state index contributed by atoms with van der Waals surface area (Å²) in [5.41, 5.74) is 7.04. The highest BCUT2D eigenvalue weighted by molar-refractivity contribution is 5.93. The maximum Gasteiger partial charge on any atom is 0.338 e. The zero-order valence-corrected chi connectivity index (χ0v) is 11.6.